The molecule has 1 unspecified atom stereocenters. The van der Waals surface area contributed by atoms with Gasteiger partial charge in [-0.15, -0.1) is 0 Å². The molecule has 2 aromatic rings. The number of carbonyl (C=O) groups excluding carboxylic acids is 1. The summed E-state index contributed by atoms with van der Waals surface area (Å²) in [5, 5.41) is 5.24. The molecule has 2 nitrogen and oxygen atoms in total. The lowest BCUT2D eigenvalue weighted by Gasteiger charge is -2.13. The van der Waals surface area contributed by atoms with Crippen LogP contribution in [0.2, 0.25) is 0 Å². The molecule has 0 aliphatic heterocycles. The molecule has 3 heteroatoms. The van der Waals surface area contributed by atoms with Crippen molar-refractivity contribution < 1.29 is 4.79 Å². The van der Waals surface area contributed by atoms with Crippen molar-refractivity contribution in [1.82, 2.24) is 5.32 Å². The lowest BCUT2D eigenvalue weighted by molar-refractivity contribution is 0.0938. The van der Waals surface area contributed by atoms with E-state index >= 15 is 0 Å². The largest absolute Gasteiger partial charge is 0.350 e. The van der Waals surface area contributed by atoms with Gasteiger partial charge in [-0.25, -0.2) is 0 Å². The number of rotatable bonds is 4. The number of benzene rings is 2. The van der Waals surface area contributed by atoms with Crippen LogP contribution in [0.25, 0.3) is 10.8 Å². The van der Waals surface area contributed by atoms with Crippen LogP contribution in [0.5, 0.6) is 0 Å². The zero-order valence-corrected chi connectivity index (χ0v) is 12.8. The second-order valence-electron chi connectivity index (χ2n) is 4.87. The van der Waals surface area contributed by atoms with E-state index in [2.05, 4.69) is 34.2 Å². The molecule has 2 rings (SSSR count). The normalized spacial score (nSPS) is 12.4. The molecule has 0 bridgehead atoms. The fraction of sp³-hybridized carbons (Fsp3) is 0.312. The van der Waals surface area contributed by atoms with Crippen molar-refractivity contribution in [1.29, 1.82) is 0 Å². The number of hydrogen-bond donors (Lipinski definition) is 1. The zero-order chi connectivity index (χ0) is 13.8. The predicted molar refractivity (Wildman–Crippen MR) is 83.5 cm³/mol. The Hall–Kier alpha value is -1.35. The first kappa shape index (κ1) is 14.1. The summed E-state index contributed by atoms with van der Waals surface area (Å²) in [6, 6.07) is 12.1. The molecule has 2 aromatic carbocycles. The molecule has 19 heavy (non-hydrogen) atoms. The fourth-order valence-corrected chi connectivity index (χ4v) is 2.55. The van der Waals surface area contributed by atoms with E-state index in [9.17, 15) is 4.79 Å². The van der Waals surface area contributed by atoms with E-state index in [1.165, 1.54) is 0 Å². The smallest absolute Gasteiger partial charge is 0.251 e. The van der Waals surface area contributed by atoms with Gasteiger partial charge < -0.3 is 5.32 Å². The summed E-state index contributed by atoms with van der Waals surface area (Å²) >= 11 is 3.45. The molecule has 1 amide bonds. The highest BCUT2D eigenvalue weighted by Crippen LogP contribution is 2.21. The Kier molecular flexibility index (Phi) is 4.59. The minimum Gasteiger partial charge on any atom is -0.350 e. The quantitative estimate of drug-likeness (QED) is 0.881. The van der Waals surface area contributed by atoms with Gasteiger partial charge >= 0.3 is 0 Å². The van der Waals surface area contributed by atoms with Gasteiger partial charge in [-0.3, -0.25) is 4.79 Å². The van der Waals surface area contributed by atoms with E-state index in [0.29, 0.717) is 0 Å². The molecule has 0 spiro atoms. The lowest BCUT2D eigenvalue weighted by atomic mass is 10.1. The first-order valence-electron chi connectivity index (χ1n) is 6.60. The van der Waals surface area contributed by atoms with Crippen LogP contribution in [0.1, 0.15) is 37.0 Å². The van der Waals surface area contributed by atoms with Crippen LogP contribution >= 0.6 is 15.9 Å². The van der Waals surface area contributed by atoms with Crippen molar-refractivity contribution in [3.63, 3.8) is 0 Å². The van der Waals surface area contributed by atoms with Crippen LogP contribution in [0.15, 0.2) is 40.9 Å². The van der Waals surface area contributed by atoms with Crippen molar-refractivity contribution in [2.24, 2.45) is 0 Å². The molecule has 1 N–H and O–H groups in total. The van der Waals surface area contributed by atoms with Gasteiger partial charge in [-0.2, -0.15) is 0 Å². The molecular formula is C16H18BrNO. The highest BCUT2D eigenvalue weighted by Gasteiger charge is 2.09. The average Bonchev–Trinajstić information content (AvgIpc) is 2.38. The number of carbonyl (C=O) groups is 1. The molecule has 100 valence electrons. The Balaban J connectivity index is 2.21. The molecule has 0 saturated carbocycles. The van der Waals surface area contributed by atoms with Gasteiger partial charge in [0.15, 0.2) is 0 Å². The fourth-order valence-electron chi connectivity index (χ4n) is 2.17. The second kappa shape index (κ2) is 6.20. The van der Waals surface area contributed by atoms with Gasteiger partial charge in [0.1, 0.15) is 0 Å². The molecule has 0 heterocycles. The summed E-state index contributed by atoms with van der Waals surface area (Å²) < 4.78 is 1.05. The van der Waals surface area contributed by atoms with Gasteiger partial charge in [0.2, 0.25) is 0 Å². The summed E-state index contributed by atoms with van der Waals surface area (Å²) in [4.78, 5) is 12.1. The van der Waals surface area contributed by atoms with E-state index in [4.69, 9.17) is 0 Å². The maximum absolute atomic E-state index is 12.1. The van der Waals surface area contributed by atoms with Crippen molar-refractivity contribution >= 4 is 32.6 Å². The Morgan fingerprint density at radius 1 is 1.21 bits per heavy atom. The maximum atomic E-state index is 12.1. The van der Waals surface area contributed by atoms with E-state index in [-0.39, 0.29) is 11.9 Å². The molecular weight excluding hydrogens is 302 g/mol. The Morgan fingerprint density at radius 3 is 2.63 bits per heavy atom. The van der Waals surface area contributed by atoms with Crippen molar-refractivity contribution in [3.8, 4) is 0 Å². The molecule has 1 atom stereocenters. The first-order valence-corrected chi connectivity index (χ1v) is 7.39. The summed E-state index contributed by atoms with van der Waals surface area (Å²) in [6.07, 6.45) is 2.08. The standard InChI is InChI=1S/C16H18BrNO/c1-3-4-11(2)18-16(19)14-6-5-13-10-15(17)8-7-12(13)9-14/h5-11H,3-4H2,1-2H3,(H,18,19). The van der Waals surface area contributed by atoms with Crippen molar-refractivity contribution in [3.05, 3.63) is 46.4 Å². The topological polar surface area (TPSA) is 29.1 Å². The SMILES string of the molecule is CCCC(C)NC(=O)c1ccc2cc(Br)ccc2c1. The van der Waals surface area contributed by atoms with Gasteiger partial charge in [-0.05, 0) is 48.4 Å². The van der Waals surface area contributed by atoms with E-state index < -0.39 is 0 Å². The lowest BCUT2D eigenvalue weighted by Crippen LogP contribution is -2.32. The molecule has 0 aromatic heterocycles. The summed E-state index contributed by atoms with van der Waals surface area (Å²) in [5.74, 6) is 0.00534. The summed E-state index contributed by atoms with van der Waals surface area (Å²) in [5.41, 5.74) is 0.720. The number of nitrogens with one attached hydrogen (secondary N) is 1. The van der Waals surface area contributed by atoms with Gasteiger partial charge in [0.25, 0.3) is 5.91 Å². The minimum atomic E-state index is 0.00534. The van der Waals surface area contributed by atoms with Crippen molar-refractivity contribution in [2.45, 2.75) is 32.7 Å². The third-order valence-electron chi connectivity index (χ3n) is 3.16. The molecule has 0 radical (unpaired) electrons. The van der Waals surface area contributed by atoms with Gasteiger partial charge in [0, 0.05) is 16.1 Å². The third kappa shape index (κ3) is 3.57. The van der Waals surface area contributed by atoms with E-state index in [1.54, 1.807) is 0 Å². The number of fused-ring (bicyclic) bond motifs is 1. The van der Waals surface area contributed by atoms with Crippen LogP contribution in [-0.2, 0) is 0 Å². The average molecular weight is 320 g/mol. The summed E-state index contributed by atoms with van der Waals surface area (Å²) in [6.45, 7) is 4.16. The molecule has 0 aliphatic rings. The van der Waals surface area contributed by atoms with Crippen LogP contribution < -0.4 is 5.32 Å². The zero-order valence-electron chi connectivity index (χ0n) is 11.2. The Morgan fingerprint density at radius 2 is 1.89 bits per heavy atom. The Labute approximate surface area is 122 Å². The predicted octanol–water partition coefficient (Wildman–Crippen LogP) is 4.52. The number of hydrogen-bond acceptors (Lipinski definition) is 1. The highest BCUT2D eigenvalue weighted by atomic mass is 79.9. The number of halogens is 1. The minimum absolute atomic E-state index is 0.00534. The van der Waals surface area contributed by atoms with E-state index in [0.717, 1.165) is 33.7 Å². The molecule has 0 saturated heterocycles. The van der Waals surface area contributed by atoms with Gasteiger partial charge in [0.05, 0.1) is 0 Å². The Bertz CT molecular complexity index is 594. The van der Waals surface area contributed by atoms with Crippen molar-refractivity contribution in [2.75, 3.05) is 0 Å². The summed E-state index contributed by atoms with van der Waals surface area (Å²) in [7, 11) is 0. The second-order valence-corrected chi connectivity index (χ2v) is 5.79. The molecule has 0 aliphatic carbocycles. The first-order chi connectivity index (χ1) is 9.10. The maximum Gasteiger partial charge on any atom is 0.251 e. The van der Waals surface area contributed by atoms with E-state index in [1.807, 2.05) is 37.3 Å². The van der Waals surface area contributed by atoms with Crippen LogP contribution in [0.3, 0.4) is 0 Å². The molecule has 0 fully saturated rings. The van der Waals surface area contributed by atoms with Crippen LogP contribution in [-0.4, -0.2) is 11.9 Å². The third-order valence-corrected chi connectivity index (χ3v) is 3.66. The highest BCUT2D eigenvalue weighted by molar-refractivity contribution is 9.10. The van der Waals surface area contributed by atoms with Gasteiger partial charge in [-0.1, -0.05) is 41.4 Å². The number of amides is 1. The monoisotopic (exact) mass is 319 g/mol. The van der Waals surface area contributed by atoms with Crippen LogP contribution in [0, 0.1) is 0 Å². The van der Waals surface area contributed by atoms with Crippen LogP contribution in [0.4, 0.5) is 0 Å².